The molecule has 0 saturated carbocycles. The van der Waals surface area contributed by atoms with Crippen LogP contribution in [0.1, 0.15) is 16.1 Å². The quantitative estimate of drug-likeness (QED) is 0.331. The number of carbonyl (C=O) groups is 1. The first kappa shape index (κ1) is 25.4. The Bertz CT molecular complexity index is 1160. The Hall–Kier alpha value is -4.18. The highest BCUT2D eigenvalue weighted by Gasteiger charge is 2.14. The van der Waals surface area contributed by atoms with E-state index in [1.54, 1.807) is 57.9 Å². The first-order valence-electron chi connectivity index (χ1n) is 10.8. The van der Waals surface area contributed by atoms with E-state index in [2.05, 4.69) is 20.5 Å². The Balaban J connectivity index is 1.77. The zero-order chi connectivity index (χ0) is 25.2. The highest BCUT2D eigenvalue weighted by molar-refractivity contribution is 5.93. The van der Waals surface area contributed by atoms with E-state index in [-0.39, 0.29) is 5.69 Å². The number of hydrazone groups is 1. The predicted molar refractivity (Wildman–Crippen MR) is 133 cm³/mol. The summed E-state index contributed by atoms with van der Waals surface area (Å²) in [5.74, 6) is 1.95. The Morgan fingerprint density at radius 1 is 1.00 bits per heavy atom. The summed E-state index contributed by atoms with van der Waals surface area (Å²) >= 11 is 0. The zero-order valence-corrected chi connectivity index (χ0v) is 20.4. The van der Waals surface area contributed by atoms with Crippen LogP contribution < -0.4 is 24.4 Å². The minimum atomic E-state index is -0.506. The van der Waals surface area contributed by atoms with Gasteiger partial charge >= 0.3 is 0 Å². The first-order valence-corrected chi connectivity index (χ1v) is 10.8. The topological polar surface area (TPSA) is 107 Å². The number of carbonyl (C=O) groups excluding carboxylic acids is 1. The molecule has 1 aromatic heterocycles. The molecule has 10 nitrogen and oxygen atoms in total. The van der Waals surface area contributed by atoms with Crippen LogP contribution in [0.15, 0.2) is 53.9 Å². The summed E-state index contributed by atoms with van der Waals surface area (Å²) in [7, 11) is 8.65. The van der Waals surface area contributed by atoms with Gasteiger partial charge in [0.25, 0.3) is 5.91 Å². The molecule has 0 saturated heterocycles. The number of aromatic nitrogens is 2. The fraction of sp³-hybridized carbons (Fsp3) is 0.280. The smallest absolute Gasteiger partial charge is 0.291 e. The summed E-state index contributed by atoms with van der Waals surface area (Å²) in [6, 6.07) is 10.7. The van der Waals surface area contributed by atoms with Crippen molar-refractivity contribution in [2.75, 3.05) is 48.6 Å². The lowest BCUT2D eigenvalue weighted by atomic mass is 10.1. The van der Waals surface area contributed by atoms with Crippen molar-refractivity contribution in [3.63, 3.8) is 0 Å². The second-order valence-electron chi connectivity index (χ2n) is 7.65. The molecule has 0 aliphatic heterocycles. The van der Waals surface area contributed by atoms with Crippen molar-refractivity contribution in [3.05, 3.63) is 60.0 Å². The van der Waals surface area contributed by atoms with Crippen molar-refractivity contribution >= 4 is 12.1 Å². The second-order valence-corrected chi connectivity index (χ2v) is 7.65. The fourth-order valence-electron chi connectivity index (χ4n) is 3.03. The van der Waals surface area contributed by atoms with Crippen LogP contribution in [-0.4, -0.2) is 75.6 Å². The minimum absolute atomic E-state index is 0.109. The molecule has 0 atom stereocenters. The molecule has 0 bridgehead atoms. The maximum Gasteiger partial charge on any atom is 0.291 e. The molecule has 10 heteroatoms. The van der Waals surface area contributed by atoms with Crippen molar-refractivity contribution in [1.82, 2.24) is 20.3 Å². The molecule has 1 heterocycles. The number of ether oxygens (including phenoxy) is 4. The van der Waals surface area contributed by atoms with Crippen LogP contribution in [0.25, 0.3) is 11.3 Å². The van der Waals surface area contributed by atoms with Gasteiger partial charge in [-0.3, -0.25) is 9.78 Å². The number of hydrogen-bond acceptors (Lipinski definition) is 9. The number of rotatable bonds is 11. The third-order valence-electron chi connectivity index (χ3n) is 4.88. The van der Waals surface area contributed by atoms with Gasteiger partial charge in [0.15, 0.2) is 0 Å². The summed E-state index contributed by atoms with van der Waals surface area (Å²) in [5, 5.41) is 4.02. The van der Waals surface area contributed by atoms with Crippen molar-refractivity contribution < 1.29 is 23.7 Å². The molecule has 0 aliphatic rings. The van der Waals surface area contributed by atoms with E-state index in [0.29, 0.717) is 46.4 Å². The predicted octanol–water partition coefficient (Wildman–Crippen LogP) is 2.87. The van der Waals surface area contributed by atoms with Gasteiger partial charge in [0.2, 0.25) is 0 Å². The molecule has 2 aromatic carbocycles. The number of nitrogens with zero attached hydrogens (tertiary/aromatic N) is 4. The third-order valence-corrected chi connectivity index (χ3v) is 4.88. The molecule has 184 valence electrons. The largest absolute Gasteiger partial charge is 0.497 e. The van der Waals surface area contributed by atoms with Crippen LogP contribution in [0.3, 0.4) is 0 Å². The SMILES string of the molecule is COc1cc(/C=N/NC(=O)c2cncc(-c3ccc(OC)cc3OCCN(C)C)n2)cc(OC)c1. The van der Waals surface area contributed by atoms with E-state index in [1.807, 2.05) is 25.1 Å². The Morgan fingerprint density at radius 2 is 1.71 bits per heavy atom. The van der Waals surface area contributed by atoms with Gasteiger partial charge in [-0.05, 0) is 38.4 Å². The average molecular weight is 480 g/mol. The van der Waals surface area contributed by atoms with Crippen molar-refractivity contribution in [1.29, 1.82) is 0 Å². The highest BCUT2D eigenvalue weighted by Crippen LogP contribution is 2.32. The molecule has 0 spiro atoms. The van der Waals surface area contributed by atoms with E-state index in [4.69, 9.17) is 18.9 Å². The van der Waals surface area contributed by atoms with Crippen molar-refractivity contribution in [2.45, 2.75) is 0 Å². The molecule has 3 rings (SSSR count). The average Bonchev–Trinajstić information content (AvgIpc) is 2.88. The van der Waals surface area contributed by atoms with Crippen LogP contribution in [0.4, 0.5) is 0 Å². The van der Waals surface area contributed by atoms with Crippen LogP contribution in [-0.2, 0) is 0 Å². The molecule has 1 amide bonds. The number of hydrogen-bond donors (Lipinski definition) is 1. The first-order chi connectivity index (χ1) is 16.9. The summed E-state index contributed by atoms with van der Waals surface area (Å²) in [6.45, 7) is 1.21. The van der Waals surface area contributed by atoms with Crippen molar-refractivity contribution in [2.24, 2.45) is 5.10 Å². The van der Waals surface area contributed by atoms with Gasteiger partial charge in [0.1, 0.15) is 35.3 Å². The summed E-state index contributed by atoms with van der Waals surface area (Å²) < 4.78 is 21.8. The van der Waals surface area contributed by atoms with E-state index >= 15 is 0 Å². The molecule has 0 fully saturated rings. The number of likely N-dealkylation sites (N-methyl/N-ethyl adjacent to an activating group) is 1. The lowest BCUT2D eigenvalue weighted by Gasteiger charge is -2.15. The van der Waals surface area contributed by atoms with Gasteiger partial charge in [-0.15, -0.1) is 0 Å². The highest BCUT2D eigenvalue weighted by atomic mass is 16.5. The standard InChI is InChI=1S/C25H29N5O5/c1-30(2)8-9-35-24-13-18(32-3)6-7-21(24)22-15-26-16-23(28-22)25(31)29-27-14-17-10-19(33-4)12-20(11-17)34-5/h6-7,10-16H,8-9H2,1-5H3,(H,29,31)/b27-14+. The number of amides is 1. The maximum atomic E-state index is 12.7. The molecule has 0 unspecified atom stereocenters. The van der Waals surface area contributed by atoms with Gasteiger partial charge in [-0.1, -0.05) is 0 Å². The van der Waals surface area contributed by atoms with Crippen molar-refractivity contribution in [3.8, 4) is 34.3 Å². The number of benzene rings is 2. The molecule has 3 aromatic rings. The number of methoxy groups -OCH3 is 3. The van der Waals surface area contributed by atoms with Crippen LogP contribution >= 0.6 is 0 Å². The molecule has 0 radical (unpaired) electrons. The minimum Gasteiger partial charge on any atom is -0.497 e. The third kappa shape index (κ3) is 7.15. The fourth-order valence-corrected chi connectivity index (χ4v) is 3.03. The molecular weight excluding hydrogens is 450 g/mol. The normalized spacial score (nSPS) is 10.9. The molecular formula is C25H29N5O5. The summed E-state index contributed by atoms with van der Waals surface area (Å²) in [4.78, 5) is 23.3. The van der Waals surface area contributed by atoms with E-state index < -0.39 is 5.91 Å². The summed E-state index contributed by atoms with van der Waals surface area (Å²) in [6.07, 6.45) is 4.43. The van der Waals surface area contributed by atoms with Crippen LogP contribution in [0.2, 0.25) is 0 Å². The molecule has 0 aliphatic carbocycles. The Kier molecular flexibility index (Phi) is 8.96. The van der Waals surface area contributed by atoms with Crippen LogP contribution in [0, 0.1) is 0 Å². The molecule has 35 heavy (non-hydrogen) atoms. The van der Waals surface area contributed by atoms with Gasteiger partial charge in [-0.2, -0.15) is 5.10 Å². The Morgan fingerprint density at radius 3 is 2.37 bits per heavy atom. The maximum absolute atomic E-state index is 12.7. The Labute approximate surface area is 204 Å². The van der Waals surface area contributed by atoms with E-state index in [1.165, 1.54) is 12.4 Å². The monoisotopic (exact) mass is 479 g/mol. The number of nitrogens with one attached hydrogen (secondary N) is 1. The zero-order valence-electron chi connectivity index (χ0n) is 20.4. The van der Waals surface area contributed by atoms with E-state index in [9.17, 15) is 4.79 Å². The lowest BCUT2D eigenvalue weighted by molar-refractivity contribution is 0.0950. The second kappa shape index (κ2) is 12.3. The van der Waals surface area contributed by atoms with Crippen LogP contribution in [0.5, 0.6) is 23.0 Å². The van der Waals surface area contributed by atoms with Gasteiger partial charge < -0.3 is 23.8 Å². The lowest BCUT2D eigenvalue weighted by Crippen LogP contribution is -2.20. The summed E-state index contributed by atoms with van der Waals surface area (Å²) in [5.41, 5.74) is 4.45. The van der Waals surface area contributed by atoms with Gasteiger partial charge in [0, 0.05) is 29.8 Å². The van der Waals surface area contributed by atoms with E-state index in [0.717, 1.165) is 6.54 Å². The van der Waals surface area contributed by atoms with Gasteiger partial charge in [-0.25, -0.2) is 10.4 Å². The van der Waals surface area contributed by atoms with Gasteiger partial charge in [0.05, 0.1) is 45.6 Å². The molecule has 1 N–H and O–H groups in total.